The predicted molar refractivity (Wildman–Crippen MR) is 89.7 cm³/mol. The topological polar surface area (TPSA) is 122 Å². The van der Waals surface area contributed by atoms with Crippen LogP contribution in [0.15, 0.2) is 34.0 Å². The average molecular weight is 384 g/mol. The van der Waals surface area contributed by atoms with Crippen molar-refractivity contribution in [2.24, 2.45) is 0 Å². The molecule has 0 radical (unpaired) electrons. The van der Waals surface area contributed by atoms with Crippen LogP contribution in [0.5, 0.6) is 0 Å². The molecule has 0 spiro atoms. The van der Waals surface area contributed by atoms with E-state index in [1.54, 1.807) is 11.4 Å². The molecule has 0 bridgehead atoms. The molecule has 2 aromatic rings. The Labute approximate surface area is 147 Å². The molecule has 1 aliphatic rings. The Morgan fingerprint density at radius 2 is 2.20 bits per heavy atom. The zero-order chi connectivity index (χ0) is 18.0. The number of aliphatic carboxylic acids is 1. The molecule has 0 aromatic carbocycles. The van der Waals surface area contributed by atoms with Crippen LogP contribution in [0.3, 0.4) is 0 Å². The lowest BCUT2D eigenvalue weighted by Crippen LogP contribution is -2.42. The van der Waals surface area contributed by atoms with Gasteiger partial charge in [0.1, 0.15) is 16.8 Å². The predicted octanol–water partition coefficient (Wildman–Crippen LogP) is 0.821. The average Bonchev–Trinajstić information content (AvgIpc) is 3.28. The van der Waals surface area contributed by atoms with Crippen molar-refractivity contribution < 1.29 is 23.1 Å². The van der Waals surface area contributed by atoms with Gasteiger partial charge in [0, 0.05) is 18.8 Å². The summed E-state index contributed by atoms with van der Waals surface area (Å²) >= 11 is 1.11. The number of hydrogen-bond donors (Lipinski definition) is 2. The fourth-order valence-electron chi connectivity index (χ4n) is 2.68. The molecule has 3 heterocycles. The number of sulfonamides is 1. The summed E-state index contributed by atoms with van der Waals surface area (Å²) in [5, 5.41) is 16.9. The molecule has 11 heteroatoms. The molecular weight excluding hydrogens is 368 g/mol. The normalized spacial score (nSPS) is 18.3. The van der Waals surface area contributed by atoms with Gasteiger partial charge in [0.2, 0.25) is 5.91 Å². The second-order valence-corrected chi connectivity index (χ2v) is 8.55. The summed E-state index contributed by atoms with van der Waals surface area (Å²) in [6.07, 6.45) is 2.45. The van der Waals surface area contributed by atoms with Gasteiger partial charge in [-0.05, 0) is 24.3 Å². The Morgan fingerprint density at radius 3 is 2.88 bits per heavy atom. The number of carbonyl (C=O) groups is 2. The highest BCUT2D eigenvalue weighted by atomic mass is 32.2. The van der Waals surface area contributed by atoms with E-state index < -0.39 is 27.9 Å². The van der Waals surface area contributed by atoms with Crippen LogP contribution in [0.4, 0.5) is 5.82 Å². The molecule has 9 nitrogen and oxygen atoms in total. The standard InChI is InChI=1S/C14H16N4O5S2/c19-12(20)9-17-7-5-11(16-17)15-14(21)10-3-1-6-18(10)25(22,23)13-4-2-8-24-13/h2,4-5,7-8,10H,1,3,6,9H2,(H,19,20)(H,15,16,21). The maximum atomic E-state index is 12.7. The van der Waals surface area contributed by atoms with E-state index >= 15 is 0 Å². The monoisotopic (exact) mass is 384 g/mol. The van der Waals surface area contributed by atoms with Crippen LogP contribution in [-0.4, -0.2) is 52.1 Å². The van der Waals surface area contributed by atoms with Crippen LogP contribution < -0.4 is 5.32 Å². The lowest BCUT2D eigenvalue weighted by atomic mass is 10.2. The summed E-state index contributed by atoms with van der Waals surface area (Å²) in [5.41, 5.74) is 0. The number of amides is 1. The van der Waals surface area contributed by atoms with Crippen molar-refractivity contribution in [3.8, 4) is 0 Å². The van der Waals surface area contributed by atoms with Gasteiger partial charge in [-0.25, -0.2) is 8.42 Å². The molecule has 0 saturated carbocycles. The van der Waals surface area contributed by atoms with Gasteiger partial charge in [-0.2, -0.15) is 9.40 Å². The molecule has 25 heavy (non-hydrogen) atoms. The Balaban J connectivity index is 1.73. The van der Waals surface area contributed by atoms with Crippen molar-refractivity contribution in [3.63, 3.8) is 0 Å². The van der Waals surface area contributed by atoms with Gasteiger partial charge in [-0.3, -0.25) is 14.3 Å². The number of carbonyl (C=O) groups excluding carboxylic acids is 1. The van der Waals surface area contributed by atoms with Gasteiger partial charge < -0.3 is 10.4 Å². The third-order valence-corrected chi connectivity index (χ3v) is 7.03. The SMILES string of the molecule is O=C(O)Cn1ccc(NC(=O)C2CCCN2S(=O)(=O)c2cccs2)n1. The van der Waals surface area contributed by atoms with Crippen LogP contribution in [0.2, 0.25) is 0 Å². The molecule has 3 rings (SSSR count). The second kappa shape index (κ2) is 6.94. The first-order chi connectivity index (χ1) is 11.9. The van der Waals surface area contributed by atoms with Gasteiger partial charge in [-0.1, -0.05) is 6.07 Å². The summed E-state index contributed by atoms with van der Waals surface area (Å²) in [5.74, 6) is -1.34. The number of carboxylic acids is 1. The Kier molecular flexibility index (Phi) is 4.88. The minimum Gasteiger partial charge on any atom is -0.480 e. The first kappa shape index (κ1) is 17.6. The summed E-state index contributed by atoms with van der Waals surface area (Å²) in [4.78, 5) is 23.1. The third-order valence-electron chi connectivity index (χ3n) is 3.75. The quantitative estimate of drug-likeness (QED) is 0.760. The van der Waals surface area contributed by atoms with Crippen molar-refractivity contribution in [2.45, 2.75) is 29.6 Å². The Hall–Kier alpha value is -2.24. The summed E-state index contributed by atoms with van der Waals surface area (Å²) in [6, 6.07) is 3.82. The highest BCUT2D eigenvalue weighted by Gasteiger charge is 2.40. The lowest BCUT2D eigenvalue weighted by molar-refractivity contribution is -0.137. The van der Waals surface area contributed by atoms with Gasteiger partial charge in [0.15, 0.2) is 5.82 Å². The first-order valence-corrected chi connectivity index (χ1v) is 9.81. The van der Waals surface area contributed by atoms with Crippen LogP contribution >= 0.6 is 11.3 Å². The number of thiophene rings is 1. The fourth-order valence-corrected chi connectivity index (χ4v) is 5.46. The summed E-state index contributed by atoms with van der Waals surface area (Å²) < 4.78 is 27.9. The van der Waals surface area contributed by atoms with Gasteiger partial charge in [0.25, 0.3) is 10.0 Å². The van der Waals surface area contributed by atoms with E-state index in [2.05, 4.69) is 10.4 Å². The number of nitrogens with zero attached hydrogens (tertiary/aromatic N) is 3. The molecule has 1 fully saturated rings. The van der Waals surface area contributed by atoms with E-state index in [0.717, 1.165) is 11.3 Å². The number of hydrogen-bond acceptors (Lipinski definition) is 6. The molecular formula is C14H16N4O5S2. The van der Waals surface area contributed by atoms with E-state index in [1.165, 1.54) is 27.3 Å². The van der Waals surface area contributed by atoms with Crippen LogP contribution in [0, 0.1) is 0 Å². The molecule has 1 amide bonds. The molecule has 0 aliphatic carbocycles. The van der Waals surface area contributed by atoms with Crippen molar-refractivity contribution in [1.82, 2.24) is 14.1 Å². The number of rotatable bonds is 6. The molecule has 1 saturated heterocycles. The Bertz CT molecular complexity index is 875. The molecule has 134 valence electrons. The minimum atomic E-state index is -3.70. The van der Waals surface area contributed by atoms with Crippen LogP contribution in [-0.2, 0) is 26.2 Å². The maximum Gasteiger partial charge on any atom is 0.325 e. The molecule has 1 unspecified atom stereocenters. The molecule has 2 aromatic heterocycles. The van der Waals surface area contributed by atoms with Crippen molar-refractivity contribution in [2.75, 3.05) is 11.9 Å². The van der Waals surface area contributed by atoms with Crippen molar-refractivity contribution in [3.05, 3.63) is 29.8 Å². The number of aromatic nitrogens is 2. The van der Waals surface area contributed by atoms with Crippen LogP contribution in [0.1, 0.15) is 12.8 Å². The molecule has 1 aliphatic heterocycles. The molecule has 1 atom stereocenters. The van der Waals surface area contributed by atoms with Crippen molar-refractivity contribution >= 4 is 39.1 Å². The van der Waals surface area contributed by atoms with Gasteiger partial charge in [0.05, 0.1) is 0 Å². The third kappa shape index (κ3) is 3.72. The maximum absolute atomic E-state index is 12.7. The largest absolute Gasteiger partial charge is 0.480 e. The lowest BCUT2D eigenvalue weighted by Gasteiger charge is -2.22. The smallest absolute Gasteiger partial charge is 0.325 e. The number of carboxylic acid groups (broad SMARTS) is 1. The van der Waals surface area contributed by atoms with Crippen molar-refractivity contribution in [1.29, 1.82) is 0 Å². The highest BCUT2D eigenvalue weighted by molar-refractivity contribution is 7.91. The Morgan fingerprint density at radius 1 is 1.40 bits per heavy atom. The van der Waals surface area contributed by atoms with E-state index in [9.17, 15) is 18.0 Å². The first-order valence-electron chi connectivity index (χ1n) is 7.49. The van der Waals surface area contributed by atoms with Gasteiger partial charge in [-0.15, -0.1) is 11.3 Å². The zero-order valence-corrected chi connectivity index (χ0v) is 14.7. The van der Waals surface area contributed by atoms with E-state index in [0.29, 0.717) is 12.8 Å². The van der Waals surface area contributed by atoms with E-state index in [-0.39, 0.29) is 23.1 Å². The molecule has 2 N–H and O–H groups in total. The number of nitrogens with one attached hydrogen (secondary N) is 1. The fraction of sp³-hybridized carbons (Fsp3) is 0.357. The zero-order valence-electron chi connectivity index (χ0n) is 13.0. The number of anilines is 1. The minimum absolute atomic E-state index is 0.187. The van der Waals surface area contributed by atoms with E-state index in [4.69, 9.17) is 5.11 Å². The van der Waals surface area contributed by atoms with Gasteiger partial charge >= 0.3 is 5.97 Å². The van der Waals surface area contributed by atoms with Crippen LogP contribution in [0.25, 0.3) is 0 Å². The summed E-state index contributed by atoms with van der Waals surface area (Å²) in [7, 11) is -3.70. The highest BCUT2D eigenvalue weighted by Crippen LogP contribution is 2.29. The summed E-state index contributed by atoms with van der Waals surface area (Å²) in [6.45, 7) is -0.0377. The van der Waals surface area contributed by atoms with E-state index in [1.807, 2.05) is 0 Å². The second-order valence-electron chi connectivity index (χ2n) is 5.49.